The summed E-state index contributed by atoms with van der Waals surface area (Å²) in [6, 6.07) is 6.01. The van der Waals surface area contributed by atoms with Gasteiger partial charge in [0.1, 0.15) is 0 Å². The third kappa shape index (κ3) is 6.12. The molecule has 0 spiro atoms. The van der Waals surface area contributed by atoms with Crippen molar-refractivity contribution in [3.05, 3.63) is 29.8 Å². The number of sulfonamides is 1. The topological polar surface area (TPSA) is 96.0 Å². The normalized spacial score (nSPS) is 24.1. The zero-order chi connectivity index (χ0) is 22.6. The van der Waals surface area contributed by atoms with Gasteiger partial charge in [-0.3, -0.25) is 14.5 Å². The van der Waals surface area contributed by atoms with Gasteiger partial charge >= 0.3 is 0 Å². The molecule has 1 N–H and O–H groups in total. The van der Waals surface area contributed by atoms with E-state index in [9.17, 15) is 18.0 Å². The molecule has 2 aliphatic rings. The van der Waals surface area contributed by atoms with Crippen LogP contribution in [0.3, 0.4) is 0 Å². The molecular weight excluding hydrogens is 418 g/mol. The molecule has 2 fully saturated rings. The summed E-state index contributed by atoms with van der Waals surface area (Å²) in [5, 5.41) is 3.01. The lowest BCUT2D eigenvalue weighted by Gasteiger charge is -2.35. The van der Waals surface area contributed by atoms with Crippen LogP contribution in [0.25, 0.3) is 0 Å². The molecule has 0 saturated carbocycles. The molecule has 0 aromatic heterocycles. The van der Waals surface area contributed by atoms with E-state index in [0.29, 0.717) is 38.0 Å². The Bertz CT molecular complexity index is 869. The molecule has 2 unspecified atom stereocenters. The van der Waals surface area contributed by atoms with Crippen LogP contribution >= 0.6 is 0 Å². The Hall–Kier alpha value is -1.81. The molecular formula is C22H33N3O5S. The number of morpholine rings is 1. The number of piperidine rings is 1. The SMILES string of the molecule is CC(=O)c1ccc(S(=O)(=O)N2CCC(C(=O)NCCN3CC(C)OC(C)C3)CC2)cc1. The Morgan fingerprint density at radius 2 is 1.65 bits per heavy atom. The minimum absolute atomic E-state index is 0.00258. The molecule has 3 rings (SSSR count). The highest BCUT2D eigenvalue weighted by Gasteiger charge is 2.32. The molecule has 0 radical (unpaired) electrons. The van der Waals surface area contributed by atoms with E-state index in [1.807, 2.05) is 0 Å². The molecule has 2 atom stereocenters. The van der Waals surface area contributed by atoms with Crippen LogP contribution < -0.4 is 5.32 Å². The number of ether oxygens (including phenoxy) is 1. The first-order chi connectivity index (χ1) is 14.7. The van der Waals surface area contributed by atoms with Gasteiger partial charge < -0.3 is 10.1 Å². The van der Waals surface area contributed by atoms with Crippen molar-refractivity contribution in [2.24, 2.45) is 5.92 Å². The quantitative estimate of drug-likeness (QED) is 0.632. The van der Waals surface area contributed by atoms with E-state index >= 15 is 0 Å². The lowest BCUT2D eigenvalue weighted by molar-refractivity contribution is -0.126. The number of rotatable bonds is 7. The van der Waals surface area contributed by atoms with Crippen molar-refractivity contribution in [1.82, 2.24) is 14.5 Å². The smallest absolute Gasteiger partial charge is 0.243 e. The van der Waals surface area contributed by atoms with Crippen LogP contribution in [0.5, 0.6) is 0 Å². The van der Waals surface area contributed by atoms with Crippen LogP contribution in [-0.2, 0) is 19.6 Å². The van der Waals surface area contributed by atoms with Crippen molar-refractivity contribution in [2.75, 3.05) is 39.3 Å². The van der Waals surface area contributed by atoms with Gasteiger partial charge in [-0.05, 0) is 45.7 Å². The lowest BCUT2D eigenvalue weighted by atomic mass is 9.97. The van der Waals surface area contributed by atoms with Crippen molar-refractivity contribution in [3.8, 4) is 0 Å². The lowest BCUT2D eigenvalue weighted by Crippen LogP contribution is -2.48. The summed E-state index contributed by atoms with van der Waals surface area (Å²) in [5.41, 5.74) is 0.482. The third-order valence-corrected chi connectivity index (χ3v) is 7.86. The number of hydrogen-bond donors (Lipinski definition) is 1. The van der Waals surface area contributed by atoms with Crippen LogP contribution in [0.15, 0.2) is 29.2 Å². The number of nitrogens with one attached hydrogen (secondary N) is 1. The van der Waals surface area contributed by atoms with Crippen LogP contribution in [0.4, 0.5) is 0 Å². The fourth-order valence-corrected chi connectivity index (χ4v) is 5.79. The van der Waals surface area contributed by atoms with Crippen LogP contribution in [0, 0.1) is 5.92 Å². The van der Waals surface area contributed by atoms with E-state index in [2.05, 4.69) is 24.1 Å². The van der Waals surface area contributed by atoms with E-state index in [1.54, 1.807) is 0 Å². The molecule has 1 aromatic carbocycles. The van der Waals surface area contributed by atoms with Gasteiger partial charge in [0.15, 0.2) is 5.78 Å². The van der Waals surface area contributed by atoms with Gasteiger partial charge in [0.05, 0.1) is 17.1 Å². The maximum atomic E-state index is 12.9. The van der Waals surface area contributed by atoms with Gasteiger partial charge in [0.25, 0.3) is 0 Å². The number of hydrogen-bond acceptors (Lipinski definition) is 6. The Labute approximate surface area is 185 Å². The zero-order valence-electron chi connectivity index (χ0n) is 18.5. The molecule has 8 nitrogen and oxygen atoms in total. The number of carbonyl (C=O) groups is 2. The van der Waals surface area contributed by atoms with E-state index < -0.39 is 10.0 Å². The number of ketones is 1. The molecule has 172 valence electrons. The summed E-state index contributed by atoms with van der Waals surface area (Å²) < 4.78 is 32.9. The highest BCUT2D eigenvalue weighted by Crippen LogP contribution is 2.24. The van der Waals surface area contributed by atoms with E-state index in [4.69, 9.17) is 4.74 Å². The summed E-state index contributed by atoms with van der Waals surface area (Å²) >= 11 is 0. The first-order valence-corrected chi connectivity index (χ1v) is 12.4. The first-order valence-electron chi connectivity index (χ1n) is 10.9. The Morgan fingerprint density at radius 1 is 1.06 bits per heavy atom. The van der Waals surface area contributed by atoms with Gasteiger partial charge in [-0.2, -0.15) is 4.31 Å². The van der Waals surface area contributed by atoms with Crippen molar-refractivity contribution in [3.63, 3.8) is 0 Å². The Morgan fingerprint density at radius 3 is 2.19 bits per heavy atom. The van der Waals surface area contributed by atoms with Crippen LogP contribution in [-0.4, -0.2) is 80.8 Å². The molecule has 9 heteroatoms. The van der Waals surface area contributed by atoms with E-state index in [0.717, 1.165) is 19.6 Å². The second-order valence-corrected chi connectivity index (χ2v) is 10.5. The highest BCUT2D eigenvalue weighted by atomic mass is 32.2. The van der Waals surface area contributed by atoms with E-state index in [-0.39, 0.29) is 34.7 Å². The monoisotopic (exact) mass is 451 g/mol. The molecule has 2 saturated heterocycles. The van der Waals surface area contributed by atoms with Gasteiger partial charge in [-0.1, -0.05) is 12.1 Å². The van der Waals surface area contributed by atoms with Crippen LogP contribution in [0.2, 0.25) is 0 Å². The molecule has 0 bridgehead atoms. The predicted octanol–water partition coefficient (Wildman–Crippen LogP) is 1.52. The van der Waals surface area contributed by atoms with Crippen LogP contribution in [0.1, 0.15) is 44.0 Å². The average Bonchev–Trinajstić information content (AvgIpc) is 2.73. The molecule has 2 heterocycles. The highest BCUT2D eigenvalue weighted by molar-refractivity contribution is 7.89. The van der Waals surface area contributed by atoms with Crippen molar-refractivity contribution in [1.29, 1.82) is 0 Å². The molecule has 1 amide bonds. The molecule has 0 aliphatic carbocycles. The predicted molar refractivity (Wildman–Crippen MR) is 117 cm³/mol. The van der Waals surface area contributed by atoms with E-state index in [1.165, 1.54) is 35.5 Å². The van der Waals surface area contributed by atoms with Crippen molar-refractivity contribution >= 4 is 21.7 Å². The fraction of sp³-hybridized carbons (Fsp3) is 0.636. The number of amides is 1. The Balaban J connectivity index is 1.46. The van der Waals surface area contributed by atoms with Gasteiger partial charge in [0.2, 0.25) is 15.9 Å². The maximum absolute atomic E-state index is 12.9. The fourth-order valence-electron chi connectivity index (χ4n) is 4.32. The van der Waals surface area contributed by atoms with Gasteiger partial charge in [0, 0.05) is 50.7 Å². The summed E-state index contributed by atoms with van der Waals surface area (Å²) in [7, 11) is -3.62. The van der Waals surface area contributed by atoms with Gasteiger partial charge in [-0.15, -0.1) is 0 Å². The number of benzene rings is 1. The third-order valence-electron chi connectivity index (χ3n) is 5.95. The van der Waals surface area contributed by atoms with Gasteiger partial charge in [-0.25, -0.2) is 8.42 Å². The number of nitrogens with zero attached hydrogens (tertiary/aromatic N) is 2. The second kappa shape index (κ2) is 10.2. The largest absolute Gasteiger partial charge is 0.373 e. The standard InChI is InChI=1S/C22H33N3O5S/c1-16-14-24(15-17(2)30-16)13-10-23-22(27)20-8-11-25(12-9-20)31(28,29)21-6-4-19(5-7-21)18(3)26/h4-7,16-17,20H,8-15H2,1-3H3,(H,23,27). The zero-order valence-corrected chi connectivity index (χ0v) is 19.4. The summed E-state index contributed by atoms with van der Waals surface area (Å²) in [6.07, 6.45) is 1.40. The summed E-state index contributed by atoms with van der Waals surface area (Å²) in [4.78, 5) is 26.4. The minimum Gasteiger partial charge on any atom is -0.373 e. The Kier molecular flexibility index (Phi) is 7.85. The molecule has 2 aliphatic heterocycles. The number of carbonyl (C=O) groups excluding carboxylic acids is 2. The minimum atomic E-state index is -3.62. The summed E-state index contributed by atoms with van der Waals surface area (Å²) in [6.45, 7) is 9.28. The van der Waals surface area contributed by atoms with Crippen molar-refractivity contribution in [2.45, 2.75) is 50.7 Å². The van der Waals surface area contributed by atoms with Crippen molar-refractivity contribution < 1.29 is 22.7 Å². The first kappa shape index (κ1) is 23.8. The number of Topliss-reactive ketones (excluding diaryl/α,β-unsaturated/α-hetero) is 1. The molecule has 31 heavy (non-hydrogen) atoms. The summed E-state index contributed by atoms with van der Waals surface area (Å²) in [5.74, 6) is -0.278. The average molecular weight is 452 g/mol. The molecule has 1 aromatic rings. The maximum Gasteiger partial charge on any atom is 0.243 e. The second-order valence-electron chi connectivity index (χ2n) is 8.57.